The van der Waals surface area contributed by atoms with E-state index >= 15 is 0 Å². The molecule has 2 aromatic carbocycles. The molecule has 0 amide bonds. The van der Waals surface area contributed by atoms with Gasteiger partial charge in [0.2, 0.25) is 0 Å². The monoisotopic (exact) mass is 346 g/mol. The first-order valence-corrected chi connectivity index (χ1v) is 9.02. The van der Waals surface area contributed by atoms with Crippen LogP contribution in [-0.4, -0.2) is 9.38 Å². The van der Waals surface area contributed by atoms with Crippen molar-refractivity contribution in [3.05, 3.63) is 79.6 Å². The minimum atomic E-state index is 0.00608. The fourth-order valence-electron chi connectivity index (χ4n) is 2.98. The number of hydrogen-bond donors (Lipinski definition) is 0. The van der Waals surface area contributed by atoms with Gasteiger partial charge < -0.3 is 0 Å². The Morgan fingerprint density at radius 2 is 1.84 bits per heavy atom. The normalized spacial score (nSPS) is 13.2. The first kappa shape index (κ1) is 15.8. The molecule has 0 unspecified atom stereocenters. The molecule has 0 bridgehead atoms. The van der Waals surface area contributed by atoms with Crippen LogP contribution >= 0.6 is 11.3 Å². The molecule has 0 atom stereocenters. The van der Waals surface area contributed by atoms with Gasteiger partial charge in [0.15, 0.2) is 4.96 Å². The van der Waals surface area contributed by atoms with Crippen molar-refractivity contribution in [2.75, 3.05) is 0 Å². The van der Waals surface area contributed by atoms with Gasteiger partial charge in [-0.2, -0.15) is 0 Å². The van der Waals surface area contributed by atoms with Crippen LogP contribution in [0.5, 0.6) is 0 Å². The average molecular weight is 346 g/mol. The molecular weight excluding hydrogens is 328 g/mol. The molecule has 0 aliphatic carbocycles. The molecule has 4 heteroatoms. The molecule has 0 aliphatic rings. The fraction of sp³-hybridized carbons (Fsp3) is 0.143. The molecule has 2 aromatic heterocycles. The maximum Gasteiger partial charge on any atom is 0.274 e. The molecule has 0 saturated heterocycles. The first-order valence-electron chi connectivity index (χ1n) is 8.20. The highest BCUT2D eigenvalue weighted by Crippen LogP contribution is 2.20. The lowest BCUT2D eigenvalue weighted by Gasteiger charge is -1.98. The highest BCUT2D eigenvalue weighted by atomic mass is 32.1. The Bertz CT molecular complexity index is 1230. The topological polar surface area (TPSA) is 34.4 Å². The molecule has 0 radical (unpaired) electrons. The van der Waals surface area contributed by atoms with E-state index < -0.39 is 0 Å². The fourth-order valence-corrected chi connectivity index (χ4v) is 4.02. The van der Waals surface area contributed by atoms with E-state index in [2.05, 4.69) is 43.1 Å². The summed E-state index contributed by atoms with van der Waals surface area (Å²) in [6.45, 7) is 6.14. The standard InChI is InChI=1S/C21H18N2OS/c1-13(9-16-7-5-4-6-8-16)10-19-20(24)23-18-12-15(3)14(2)11-17(18)22-21(23)25-19/h4-12H,1-3H3/b13-9+,19-10-. The number of benzene rings is 2. The van der Waals surface area contributed by atoms with Crippen molar-refractivity contribution >= 4 is 39.5 Å². The SMILES string of the molecule is CC(/C=c1\sc2nc3cc(C)c(C)cc3n2c1=O)=C\c1ccccc1. The number of imidazole rings is 1. The Labute approximate surface area is 149 Å². The van der Waals surface area contributed by atoms with Gasteiger partial charge in [0, 0.05) is 0 Å². The second kappa shape index (κ2) is 5.97. The van der Waals surface area contributed by atoms with Gasteiger partial charge in [-0.05, 0) is 61.2 Å². The summed E-state index contributed by atoms with van der Waals surface area (Å²) in [4.78, 5) is 18.2. The van der Waals surface area contributed by atoms with Crippen LogP contribution in [0.3, 0.4) is 0 Å². The van der Waals surface area contributed by atoms with Crippen LogP contribution in [0.2, 0.25) is 0 Å². The van der Waals surface area contributed by atoms with Crippen LogP contribution in [0.15, 0.2) is 52.8 Å². The molecule has 4 rings (SSSR count). The van der Waals surface area contributed by atoms with E-state index in [0.29, 0.717) is 4.53 Å². The van der Waals surface area contributed by atoms with E-state index in [-0.39, 0.29) is 5.56 Å². The number of hydrogen-bond acceptors (Lipinski definition) is 3. The third kappa shape index (κ3) is 2.79. The molecule has 2 heterocycles. The van der Waals surface area contributed by atoms with Crippen molar-refractivity contribution in [2.24, 2.45) is 0 Å². The smallest absolute Gasteiger partial charge is 0.267 e. The van der Waals surface area contributed by atoms with Gasteiger partial charge in [0.25, 0.3) is 5.56 Å². The number of aryl methyl sites for hydroxylation is 2. The summed E-state index contributed by atoms with van der Waals surface area (Å²) in [5.41, 5.74) is 6.32. The summed E-state index contributed by atoms with van der Waals surface area (Å²) in [5, 5.41) is 0. The minimum absolute atomic E-state index is 0.00608. The van der Waals surface area contributed by atoms with Crippen molar-refractivity contribution < 1.29 is 0 Å². The summed E-state index contributed by atoms with van der Waals surface area (Å²) in [5.74, 6) is 0. The van der Waals surface area contributed by atoms with Crippen molar-refractivity contribution in [3.8, 4) is 0 Å². The van der Waals surface area contributed by atoms with Crippen LogP contribution in [0.25, 0.3) is 28.1 Å². The number of rotatable bonds is 2. The number of fused-ring (bicyclic) bond motifs is 3. The molecule has 25 heavy (non-hydrogen) atoms. The van der Waals surface area contributed by atoms with Gasteiger partial charge in [-0.1, -0.05) is 47.7 Å². The molecule has 0 spiro atoms. The van der Waals surface area contributed by atoms with Crippen molar-refractivity contribution in [2.45, 2.75) is 20.8 Å². The van der Waals surface area contributed by atoms with E-state index in [4.69, 9.17) is 0 Å². The summed E-state index contributed by atoms with van der Waals surface area (Å²) < 4.78 is 2.45. The van der Waals surface area contributed by atoms with Crippen molar-refractivity contribution in [1.29, 1.82) is 0 Å². The summed E-state index contributed by atoms with van der Waals surface area (Å²) in [7, 11) is 0. The molecule has 0 aliphatic heterocycles. The third-order valence-electron chi connectivity index (χ3n) is 4.41. The van der Waals surface area contributed by atoms with E-state index in [1.165, 1.54) is 22.5 Å². The molecule has 0 N–H and O–H groups in total. The predicted octanol–water partition coefficient (Wildman–Crippen LogP) is 4.13. The highest BCUT2D eigenvalue weighted by molar-refractivity contribution is 7.15. The Balaban J connectivity index is 1.89. The Hall–Kier alpha value is -2.72. The molecule has 0 saturated carbocycles. The Morgan fingerprint density at radius 3 is 2.60 bits per heavy atom. The van der Waals surface area contributed by atoms with Gasteiger partial charge in [0.05, 0.1) is 15.6 Å². The van der Waals surface area contributed by atoms with Crippen LogP contribution in [-0.2, 0) is 0 Å². The molecule has 0 fully saturated rings. The van der Waals surface area contributed by atoms with E-state index in [0.717, 1.165) is 27.1 Å². The minimum Gasteiger partial charge on any atom is -0.267 e. The van der Waals surface area contributed by atoms with E-state index in [1.807, 2.05) is 37.3 Å². The molecule has 124 valence electrons. The van der Waals surface area contributed by atoms with Gasteiger partial charge in [-0.25, -0.2) is 9.38 Å². The van der Waals surface area contributed by atoms with Crippen molar-refractivity contribution in [3.63, 3.8) is 0 Å². The maximum atomic E-state index is 12.9. The number of thiazole rings is 1. The van der Waals surface area contributed by atoms with E-state index in [1.54, 1.807) is 4.40 Å². The van der Waals surface area contributed by atoms with Gasteiger partial charge in [-0.15, -0.1) is 0 Å². The zero-order valence-electron chi connectivity index (χ0n) is 14.4. The number of aromatic nitrogens is 2. The zero-order valence-corrected chi connectivity index (χ0v) is 15.2. The largest absolute Gasteiger partial charge is 0.274 e. The second-order valence-electron chi connectivity index (χ2n) is 6.37. The average Bonchev–Trinajstić information content (AvgIpc) is 3.06. The molecule has 3 nitrogen and oxygen atoms in total. The quantitative estimate of drug-likeness (QED) is 0.547. The summed E-state index contributed by atoms with van der Waals surface area (Å²) >= 11 is 1.44. The van der Waals surface area contributed by atoms with Crippen LogP contribution in [0, 0.1) is 13.8 Å². The lowest BCUT2D eigenvalue weighted by molar-refractivity contribution is 1.18. The first-order chi connectivity index (χ1) is 12.0. The van der Waals surface area contributed by atoms with Crippen LogP contribution < -0.4 is 10.1 Å². The predicted molar refractivity (Wildman–Crippen MR) is 106 cm³/mol. The van der Waals surface area contributed by atoms with Gasteiger partial charge in [-0.3, -0.25) is 4.79 Å². The molecular formula is C21H18N2OS. The lowest BCUT2D eigenvalue weighted by atomic mass is 10.1. The summed E-state index contributed by atoms with van der Waals surface area (Å²) in [6, 6.07) is 14.2. The van der Waals surface area contributed by atoms with E-state index in [9.17, 15) is 4.79 Å². The molecule has 4 aromatic rings. The Kier molecular flexibility index (Phi) is 3.77. The second-order valence-corrected chi connectivity index (χ2v) is 7.38. The van der Waals surface area contributed by atoms with Crippen LogP contribution in [0.4, 0.5) is 0 Å². The van der Waals surface area contributed by atoms with Crippen molar-refractivity contribution in [1.82, 2.24) is 9.38 Å². The summed E-state index contributed by atoms with van der Waals surface area (Å²) in [6.07, 6.45) is 4.02. The van der Waals surface area contributed by atoms with Gasteiger partial charge in [0.1, 0.15) is 0 Å². The zero-order chi connectivity index (χ0) is 17.6. The highest BCUT2D eigenvalue weighted by Gasteiger charge is 2.12. The number of nitrogens with zero attached hydrogens (tertiary/aromatic N) is 2. The lowest BCUT2D eigenvalue weighted by Crippen LogP contribution is -2.22. The Morgan fingerprint density at radius 1 is 1.12 bits per heavy atom. The number of allylic oxidation sites excluding steroid dienone is 1. The van der Waals surface area contributed by atoms with Crippen LogP contribution in [0.1, 0.15) is 23.6 Å². The maximum absolute atomic E-state index is 12.9. The third-order valence-corrected chi connectivity index (χ3v) is 5.38. The van der Waals surface area contributed by atoms with Gasteiger partial charge >= 0.3 is 0 Å².